The van der Waals surface area contributed by atoms with Crippen molar-refractivity contribution < 1.29 is 4.79 Å². The zero-order chi connectivity index (χ0) is 15.5. The van der Waals surface area contributed by atoms with E-state index >= 15 is 0 Å². The molecule has 2 heteroatoms. The Kier molecular flexibility index (Phi) is 5.21. The Hall–Kier alpha value is -1.15. The van der Waals surface area contributed by atoms with Gasteiger partial charge in [-0.3, -0.25) is 4.79 Å². The second-order valence-electron chi connectivity index (χ2n) is 7.19. The molecule has 0 amide bonds. The molecule has 2 rings (SSSR count). The lowest BCUT2D eigenvalue weighted by molar-refractivity contribution is -0.122. The Bertz CT molecular complexity index is 504. The number of hydrogen-bond donors (Lipinski definition) is 0. The maximum atomic E-state index is 11.9. The molecule has 0 spiro atoms. The molecule has 0 heterocycles. The van der Waals surface area contributed by atoms with E-state index in [9.17, 15) is 4.79 Å². The van der Waals surface area contributed by atoms with Crippen LogP contribution in [0.2, 0.25) is 19.1 Å². The van der Waals surface area contributed by atoms with Crippen LogP contribution in [0.4, 0.5) is 0 Å². The summed E-state index contributed by atoms with van der Waals surface area (Å²) in [5.41, 5.74) is 1.33. The molecule has 1 aliphatic carbocycles. The summed E-state index contributed by atoms with van der Waals surface area (Å²) in [7, 11) is -1.50. The number of carbonyl (C=O) groups excluding carboxylic acids is 1. The first kappa shape index (κ1) is 16.2. The lowest BCUT2D eigenvalue weighted by Crippen LogP contribution is -2.42. The zero-order valence-electron chi connectivity index (χ0n) is 13.7. The normalized spacial score (nSPS) is 22.8. The van der Waals surface area contributed by atoms with Gasteiger partial charge in [-0.2, -0.15) is 0 Å². The molecule has 1 aliphatic rings. The molecule has 1 aromatic rings. The number of rotatable bonds is 5. The van der Waals surface area contributed by atoms with E-state index in [0.29, 0.717) is 11.7 Å². The van der Waals surface area contributed by atoms with E-state index < -0.39 is 8.07 Å². The van der Waals surface area contributed by atoms with Gasteiger partial charge in [0, 0.05) is 5.92 Å². The standard InChI is InChI=1S/C19H28OSi/c1-15(18-12-8-9-13-19(18)16(2)20)14-21(3,4)17-10-6-5-7-11-17/h5-7,10-11,18-19H,1,8-9,12-14H2,2-4H3/t18-,19+/m0/s1. The van der Waals surface area contributed by atoms with Crippen LogP contribution in [0.5, 0.6) is 0 Å². The van der Waals surface area contributed by atoms with Crippen molar-refractivity contribution in [2.75, 3.05) is 0 Å². The third kappa shape index (κ3) is 3.94. The lowest BCUT2D eigenvalue weighted by Gasteiger charge is -2.34. The van der Waals surface area contributed by atoms with Crippen LogP contribution in [0.3, 0.4) is 0 Å². The Morgan fingerprint density at radius 1 is 1.14 bits per heavy atom. The van der Waals surface area contributed by atoms with Crippen molar-refractivity contribution in [3.8, 4) is 0 Å². The molecule has 0 aliphatic heterocycles. The maximum absolute atomic E-state index is 11.9. The van der Waals surface area contributed by atoms with E-state index in [1.807, 2.05) is 0 Å². The topological polar surface area (TPSA) is 17.1 Å². The molecule has 1 fully saturated rings. The van der Waals surface area contributed by atoms with Crippen molar-refractivity contribution in [2.45, 2.75) is 51.7 Å². The minimum Gasteiger partial charge on any atom is -0.300 e. The highest BCUT2D eigenvalue weighted by molar-refractivity contribution is 6.90. The van der Waals surface area contributed by atoms with Crippen molar-refractivity contribution in [3.05, 3.63) is 42.5 Å². The van der Waals surface area contributed by atoms with E-state index in [4.69, 9.17) is 0 Å². The number of allylic oxidation sites excluding steroid dienone is 1. The van der Waals surface area contributed by atoms with Crippen LogP contribution in [0.1, 0.15) is 32.6 Å². The van der Waals surface area contributed by atoms with Crippen molar-refractivity contribution in [2.24, 2.45) is 11.8 Å². The predicted molar refractivity (Wildman–Crippen MR) is 93.6 cm³/mol. The van der Waals surface area contributed by atoms with E-state index in [0.717, 1.165) is 18.9 Å². The van der Waals surface area contributed by atoms with Crippen molar-refractivity contribution in [3.63, 3.8) is 0 Å². The maximum Gasteiger partial charge on any atom is 0.133 e. The second-order valence-corrected chi connectivity index (χ2v) is 11.9. The first-order chi connectivity index (χ1) is 9.92. The van der Waals surface area contributed by atoms with Crippen molar-refractivity contribution in [1.82, 2.24) is 0 Å². The van der Waals surface area contributed by atoms with Crippen LogP contribution in [0.25, 0.3) is 0 Å². The highest BCUT2D eigenvalue weighted by atomic mass is 28.3. The molecular weight excluding hydrogens is 272 g/mol. The summed E-state index contributed by atoms with van der Waals surface area (Å²) < 4.78 is 0. The van der Waals surface area contributed by atoms with Crippen LogP contribution in [-0.2, 0) is 4.79 Å². The fourth-order valence-electron chi connectivity index (χ4n) is 3.80. The van der Waals surface area contributed by atoms with E-state index in [1.54, 1.807) is 6.92 Å². The monoisotopic (exact) mass is 300 g/mol. The molecule has 0 radical (unpaired) electrons. The largest absolute Gasteiger partial charge is 0.300 e. The Labute approximate surface area is 130 Å². The molecule has 21 heavy (non-hydrogen) atoms. The summed E-state index contributed by atoms with van der Waals surface area (Å²) in [5.74, 6) is 1.01. The first-order valence-electron chi connectivity index (χ1n) is 8.15. The Morgan fingerprint density at radius 2 is 1.71 bits per heavy atom. The van der Waals surface area contributed by atoms with Crippen LogP contribution < -0.4 is 5.19 Å². The fraction of sp³-hybridized carbons (Fsp3) is 0.526. The summed E-state index contributed by atoms with van der Waals surface area (Å²) in [6, 6.07) is 11.9. The zero-order valence-corrected chi connectivity index (χ0v) is 14.7. The van der Waals surface area contributed by atoms with Gasteiger partial charge in [-0.05, 0) is 31.7 Å². The number of Topliss-reactive ketones (excluding diaryl/α,β-unsaturated/α-hetero) is 1. The minimum atomic E-state index is -1.50. The molecule has 2 atom stereocenters. The molecule has 0 N–H and O–H groups in total. The van der Waals surface area contributed by atoms with Gasteiger partial charge in [0.1, 0.15) is 5.78 Å². The smallest absolute Gasteiger partial charge is 0.133 e. The molecule has 0 bridgehead atoms. The predicted octanol–water partition coefficient (Wildman–Crippen LogP) is 4.55. The van der Waals surface area contributed by atoms with Crippen LogP contribution in [0, 0.1) is 11.8 Å². The molecule has 0 aromatic heterocycles. The molecular formula is C19H28OSi. The SMILES string of the molecule is C=C(C[Si](C)(C)c1ccccc1)[C@@H]1CCCC[C@@H]1C(C)=O. The molecule has 114 valence electrons. The van der Waals surface area contributed by atoms with Gasteiger partial charge in [0.25, 0.3) is 0 Å². The van der Waals surface area contributed by atoms with Gasteiger partial charge >= 0.3 is 0 Å². The molecule has 1 saturated carbocycles. The van der Waals surface area contributed by atoms with Gasteiger partial charge in [-0.1, -0.05) is 73.6 Å². The first-order valence-corrected chi connectivity index (χ1v) is 11.4. The molecule has 0 unspecified atom stereocenters. The lowest BCUT2D eigenvalue weighted by atomic mass is 9.74. The quantitative estimate of drug-likeness (QED) is 0.576. The fourth-order valence-corrected chi connectivity index (χ4v) is 6.49. The van der Waals surface area contributed by atoms with Crippen LogP contribution >= 0.6 is 0 Å². The van der Waals surface area contributed by atoms with E-state index in [1.165, 1.54) is 23.6 Å². The van der Waals surface area contributed by atoms with Gasteiger partial charge < -0.3 is 0 Å². The summed E-state index contributed by atoms with van der Waals surface area (Å²) in [6.07, 6.45) is 4.67. The van der Waals surface area contributed by atoms with E-state index in [2.05, 4.69) is 50.0 Å². The van der Waals surface area contributed by atoms with Gasteiger partial charge in [0.05, 0.1) is 8.07 Å². The summed E-state index contributed by atoms with van der Waals surface area (Å²) in [4.78, 5) is 11.9. The van der Waals surface area contributed by atoms with Gasteiger partial charge in [-0.25, -0.2) is 0 Å². The van der Waals surface area contributed by atoms with Gasteiger partial charge in [0.2, 0.25) is 0 Å². The van der Waals surface area contributed by atoms with Gasteiger partial charge in [-0.15, -0.1) is 0 Å². The molecule has 1 nitrogen and oxygen atoms in total. The Morgan fingerprint density at radius 3 is 2.29 bits per heavy atom. The second kappa shape index (κ2) is 6.74. The number of hydrogen-bond acceptors (Lipinski definition) is 1. The highest BCUT2D eigenvalue weighted by Gasteiger charge is 2.33. The van der Waals surface area contributed by atoms with Crippen molar-refractivity contribution >= 4 is 19.0 Å². The average Bonchev–Trinajstić information content (AvgIpc) is 2.47. The summed E-state index contributed by atoms with van der Waals surface area (Å²) >= 11 is 0. The average molecular weight is 301 g/mol. The highest BCUT2D eigenvalue weighted by Crippen LogP contribution is 2.38. The van der Waals surface area contributed by atoms with Crippen LogP contribution in [-0.4, -0.2) is 13.9 Å². The summed E-state index contributed by atoms with van der Waals surface area (Å²) in [5, 5.41) is 1.49. The minimum absolute atomic E-state index is 0.229. The molecule has 1 aromatic carbocycles. The van der Waals surface area contributed by atoms with E-state index in [-0.39, 0.29) is 5.92 Å². The third-order valence-electron chi connectivity index (χ3n) is 5.04. The number of carbonyl (C=O) groups is 1. The third-order valence-corrected chi connectivity index (χ3v) is 8.27. The molecule has 0 saturated heterocycles. The van der Waals surface area contributed by atoms with Crippen molar-refractivity contribution in [1.29, 1.82) is 0 Å². The summed E-state index contributed by atoms with van der Waals surface area (Å²) in [6.45, 7) is 11.0. The number of benzene rings is 1. The van der Waals surface area contributed by atoms with Crippen LogP contribution in [0.15, 0.2) is 42.5 Å². The van der Waals surface area contributed by atoms with Gasteiger partial charge in [0.15, 0.2) is 0 Å². The number of ketones is 1. The Balaban J connectivity index is 2.11.